The van der Waals surface area contributed by atoms with Crippen LogP contribution in [0.4, 0.5) is 5.69 Å². The van der Waals surface area contributed by atoms with Crippen molar-refractivity contribution in [3.63, 3.8) is 0 Å². The highest BCUT2D eigenvalue weighted by Gasteiger charge is 2.46. The maximum atomic E-state index is 13.8. The number of amides is 3. The van der Waals surface area contributed by atoms with Gasteiger partial charge in [-0.05, 0) is 30.2 Å². The van der Waals surface area contributed by atoms with Crippen LogP contribution in [0.25, 0.3) is 10.9 Å². The number of rotatable bonds is 7. The molecule has 3 aromatic rings. The third-order valence-electron chi connectivity index (χ3n) is 6.11. The van der Waals surface area contributed by atoms with Crippen molar-refractivity contribution in [2.45, 2.75) is 45.1 Å². The number of hydrogen-bond acceptors (Lipinski definition) is 4. The summed E-state index contributed by atoms with van der Waals surface area (Å²) < 4.78 is 0. The van der Waals surface area contributed by atoms with E-state index in [2.05, 4.69) is 29.9 Å². The van der Waals surface area contributed by atoms with Gasteiger partial charge >= 0.3 is 0 Å². The zero-order valence-electron chi connectivity index (χ0n) is 19.5. The normalized spacial score (nSPS) is 15.5. The summed E-state index contributed by atoms with van der Waals surface area (Å²) in [4.78, 5) is 46.1. The van der Waals surface area contributed by atoms with Crippen molar-refractivity contribution >= 4 is 42.4 Å². The standard InChI is InChI=1S/C26H29N3O3Si/c1-5-17(16-33(2,3)4)23(29-25(31)19-12-6-7-13-20(19)26(29)32)24(30)28-21-14-8-10-18-11-9-15-27-22(18)21/h6-15,17,23H,5,16H2,1-4H3,(H,28,30)/t17-,23+/m1/s1. The fourth-order valence-electron chi connectivity index (χ4n) is 4.68. The number of carbonyl (C=O) groups is 3. The maximum absolute atomic E-state index is 13.8. The molecule has 1 N–H and O–H groups in total. The van der Waals surface area contributed by atoms with Crippen molar-refractivity contribution in [3.8, 4) is 0 Å². The van der Waals surface area contributed by atoms with Crippen molar-refractivity contribution in [3.05, 3.63) is 71.9 Å². The largest absolute Gasteiger partial charge is 0.322 e. The Kier molecular flexibility index (Phi) is 6.17. The molecule has 7 heteroatoms. The number of aromatic nitrogens is 1. The topological polar surface area (TPSA) is 79.4 Å². The van der Waals surface area contributed by atoms with Gasteiger partial charge in [0, 0.05) is 19.7 Å². The molecule has 1 aromatic heterocycles. The zero-order valence-corrected chi connectivity index (χ0v) is 20.5. The summed E-state index contributed by atoms with van der Waals surface area (Å²) in [6.07, 6.45) is 2.36. The van der Waals surface area contributed by atoms with Gasteiger partial charge in [-0.15, -0.1) is 0 Å². The molecule has 170 valence electrons. The highest BCUT2D eigenvalue weighted by molar-refractivity contribution is 6.76. The predicted octanol–water partition coefficient (Wildman–Crippen LogP) is 5.20. The number of nitrogens with one attached hydrogen (secondary N) is 1. The van der Waals surface area contributed by atoms with Gasteiger partial charge in [0.25, 0.3) is 11.8 Å². The Morgan fingerprint density at radius 2 is 1.61 bits per heavy atom. The predicted molar refractivity (Wildman–Crippen MR) is 133 cm³/mol. The van der Waals surface area contributed by atoms with Crippen LogP contribution in [0.15, 0.2) is 60.8 Å². The Morgan fingerprint density at radius 3 is 2.21 bits per heavy atom. The first kappa shape index (κ1) is 22.9. The Labute approximate surface area is 195 Å². The van der Waals surface area contributed by atoms with Gasteiger partial charge in [-0.1, -0.05) is 69.4 Å². The Balaban J connectivity index is 1.75. The van der Waals surface area contributed by atoms with Crippen LogP contribution in [0.1, 0.15) is 34.1 Å². The van der Waals surface area contributed by atoms with E-state index in [1.165, 1.54) is 4.90 Å². The molecule has 2 aromatic carbocycles. The molecule has 0 aliphatic carbocycles. The average Bonchev–Trinajstić information content (AvgIpc) is 3.03. The minimum Gasteiger partial charge on any atom is -0.322 e. The molecule has 0 spiro atoms. The van der Waals surface area contributed by atoms with Gasteiger partial charge < -0.3 is 5.32 Å². The third kappa shape index (κ3) is 4.46. The van der Waals surface area contributed by atoms with Gasteiger partial charge in [0.05, 0.1) is 22.3 Å². The number of carbonyl (C=O) groups excluding carboxylic acids is 3. The Hall–Kier alpha value is -3.32. The lowest BCUT2D eigenvalue weighted by Crippen LogP contribution is -2.52. The van der Waals surface area contributed by atoms with Crippen LogP contribution < -0.4 is 5.32 Å². The molecule has 33 heavy (non-hydrogen) atoms. The molecule has 0 bridgehead atoms. The molecule has 0 unspecified atom stereocenters. The van der Waals surface area contributed by atoms with E-state index in [-0.39, 0.29) is 11.8 Å². The van der Waals surface area contributed by atoms with Crippen molar-refractivity contribution in [1.29, 1.82) is 0 Å². The number of hydrogen-bond donors (Lipinski definition) is 1. The lowest BCUT2D eigenvalue weighted by Gasteiger charge is -2.34. The van der Waals surface area contributed by atoms with Crippen LogP contribution in [-0.2, 0) is 4.79 Å². The van der Waals surface area contributed by atoms with E-state index in [0.717, 1.165) is 11.4 Å². The fourth-order valence-corrected chi connectivity index (χ4v) is 6.77. The molecule has 2 atom stereocenters. The monoisotopic (exact) mass is 459 g/mol. The number of pyridine rings is 1. The molecular formula is C26H29N3O3Si. The van der Waals surface area contributed by atoms with E-state index < -0.39 is 25.9 Å². The Morgan fingerprint density at radius 1 is 0.970 bits per heavy atom. The van der Waals surface area contributed by atoms with Gasteiger partial charge in [-0.3, -0.25) is 24.3 Å². The van der Waals surface area contributed by atoms with Crippen LogP contribution >= 0.6 is 0 Å². The minimum atomic E-state index is -1.60. The SMILES string of the molecule is CC[C@H](C[Si](C)(C)C)[C@@H](C(=O)Nc1cccc2cccnc12)N1C(=O)c2ccccc2C1=O. The zero-order chi connectivity index (χ0) is 23.8. The summed E-state index contributed by atoms with van der Waals surface area (Å²) in [6.45, 7) is 8.73. The number of anilines is 1. The number of benzene rings is 2. The lowest BCUT2D eigenvalue weighted by atomic mass is 9.96. The van der Waals surface area contributed by atoms with Crippen molar-refractivity contribution < 1.29 is 14.4 Å². The van der Waals surface area contributed by atoms with Gasteiger partial charge in [-0.25, -0.2) is 0 Å². The highest BCUT2D eigenvalue weighted by Crippen LogP contribution is 2.33. The summed E-state index contributed by atoms with van der Waals surface area (Å²) in [5.41, 5.74) is 1.96. The molecule has 0 fully saturated rings. The molecule has 1 aliphatic heterocycles. The molecule has 0 radical (unpaired) electrons. The van der Waals surface area contributed by atoms with E-state index in [1.807, 2.05) is 31.2 Å². The van der Waals surface area contributed by atoms with Crippen LogP contribution in [-0.4, -0.2) is 41.7 Å². The van der Waals surface area contributed by atoms with Crippen LogP contribution in [0.3, 0.4) is 0 Å². The van der Waals surface area contributed by atoms with Crippen molar-refractivity contribution in [2.24, 2.45) is 5.92 Å². The fraction of sp³-hybridized carbons (Fsp3) is 0.308. The minimum absolute atomic E-state index is 0.137. The van der Waals surface area contributed by atoms with E-state index >= 15 is 0 Å². The maximum Gasteiger partial charge on any atom is 0.262 e. The first-order valence-corrected chi connectivity index (χ1v) is 15.0. The number of nitrogens with zero attached hydrogens (tertiary/aromatic N) is 2. The first-order chi connectivity index (χ1) is 15.7. The first-order valence-electron chi connectivity index (χ1n) is 11.3. The van der Waals surface area contributed by atoms with E-state index in [4.69, 9.17) is 0 Å². The number of para-hydroxylation sites is 1. The van der Waals surface area contributed by atoms with Crippen LogP contribution in [0.5, 0.6) is 0 Å². The second-order valence-electron chi connectivity index (χ2n) is 9.77. The Bertz CT molecular complexity index is 1190. The lowest BCUT2D eigenvalue weighted by molar-refractivity contribution is -0.121. The molecule has 4 rings (SSSR count). The number of imide groups is 1. The summed E-state index contributed by atoms with van der Waals surface area (Å²) in [5, 5.41) is 3.90. The summed E-state index contributed by atoms with van der Waals surface area (Å²) in [7, 11) is -1.60. The van der Waals surface area contributed by atoms with Crippen molar-refractivity contribution in [2.75, 3.05) is 5.32 Å². The van der Waals surface area contributed by atoms with Crippen LogP contribution in [0, 0.1) is 5.92 Å². The highest BCUT2D eigenvalue weighted by atomic mass is 28.3. The number of fused-ring (bicyclic) bond motifs is 2. The van der Waals surface area contributed by atoms with E-state index in [0.29, 0.717) is 28.8 Å². The molecule has 1 aliphatic rings. The summed E-state index contributed by atoms with van der Waals surface area (Å²) >= 11 is 0. The van der Waals surface area contributed by atoms with Gasteiger partial charge in [-0.2, -0.15) is 0 Å². The molecular weight excluding hydrogens is 430 g/mol. The summed E-state index contributed by atoms with van der Waals surface area (Å²) in [6, 6.07) is 16.1. The molecule has 6 nitrogen and oxygen atoms in total. The van der Waals surface area contributed by atoms with Crippen LogP contribution in [0.2, 0.25) is 25.7 Å². The van der Waals surface area contributed by atoms with E-state index in [9.17, 15) is 14.4 Å². The summed E-state index contributed by atoms with van der Waals surface area (Å²) in [5.74, 6) is -1.30. The van der Waals surface area contributed by atoms with E-state index in [1.54, 1.807) is 36.5 Å². The molecule has 0 saturated heterocycles. The molecule has 2 heterocycles. The smallest absolute Gasteiger partial charge is 0.262 e. The molecule has 3 amide bonds. The second kappa shape index (κ2) is 8.90. The average molecular weight is 460 g/mol. The molecule has 0 saturated carbocycles. The van der Waals surface area contributed by atoms with Gasteiger partial charge in [0.1, 0.15) is 6.04 Å². The van der Waals surface area contributed by atoms with Crippen molar-refractivity contribution in [1.82, 2.24) is 9.88 Å². The second-order valence-corrected chi connectivity index (χ2v) is 15.3. The van der Waals surface area contributed by atoms with Gasteiger partial charge in [0.15, 0.2) is 0 Å². The quantitative estimate of drug-likeness (QED) is 0.389. The third-order valence-corrected chi connectivity index (χ3v) is 7.86. The van der Waals surface area contributed by atoms with Gasteiger partial charge in [0.2, 0.25) is 5.91 Å².